The molecule has 2 aromatic carbocycles. The normalized spacial score (nSPS) is 10.3. The SMILES string of the molecule is O=C(COC(=O)CSc1ccc(Br)cc1)Nc1cccc(Cl)c1Cl. The van der Waals surface area contributed by atoms with Crippen molar-refractivity contribution >= 4 is 68.5 Å². The van der Waals surface area contributed by atoms with Crippen LogP contribution in [0.2, 0.25) is 10.0 Å². The Morgan fingerprint density at radius 1 is 1.12 bits per heavy atom. The smallest absolute Gasteiger partial charge is 0.316 e. The van der Waals surface area contributed by atoms with E-state index in [0.717, 1.165) is 9.37 Å². The van der Waals surface area contributed by atoms with Crippen molar-refractivity contribution in [1.82, 2.24) is 0 Å². The third-order valence-corrected chi connectivity index (χ3v) is 5.09. The molecule has 0 saturated heterocycles. The summed E-state index contributed by atoms with van der Waals surface area (Å²) in [5.41, 5.74) is 0.370. The first-order chi connectivity index (χ1) is 11.5. The lowest BCUT2D eigenvalue weighted by Gasteiger charge is -2.08. The number of hydrogen-bond acceptors (Lipinski definition) is 4. The van der Waals surface area contributed by atoms with Gasteiger partial charge in [0.15, 0.2) is 6.61 Å². The maximum absolute atomic E-state index is 11.8. The number of esters is 1. The van der Waals surface area contributed by atoms with Gasteiger partial charge < -0.3 is 10.1 Å². The summed E-state index contributed by atoms with van der Waals surface area (Å²) in [6.45, 7) is -0.386. The van der Waals surface area contributed by atoms with Gasteiger partial charge in [0.05, 0.1) is 21.5 Å². The molecule has 0 bridgehead atoms. The lowest BCUT2D eigenvalue weighted by molar-refractivity contribution is -0.144. The lowest BCUT2D eigenvalue weighted by atomic mass is 10.3. The molecule has 2 aromatic rings. The van der Waals surface area contributed by atoms with E-state index in [1.54, 1.807) is 18.2 Å². The Morgan fingerprint density at radius 2 is 1.83 bits per heavy atom. The van der Waals surface area contributed by atoms with Crippen molar-refractivity contribution in [2.24, 2.45) is 0 Å². The Balaban J connectivity index is 1.75. The molecule has 0 fully saturated rings. The van der Waals surface area contributed by atoms with Gasteiger partial charge in [-0.05, 0) is 36.4 Å². The lowest BCUT2D eigenvalue weighted by Crippen LogP contribution is -2.21. The number of carbonyl (C=O) groups excluding carboxylic acids is 2. The molecule has 0 aromatic heterocycles. The zero-order valence-electron chi connectivity index (χ0n) is 12.2. The predicted molar refractivity (Wildman–Crippen MR) is 101 cm³/mol. The number of thioether (sulfide) groups is 1. The summed E-state index contributed by atoms with van der Waals surface area (Å²) in [6, 6.07) is 12.4. The van der Waals surface area contributed by atoms with E-state index in [2.05, 4.69) is 21.2 Å². The second kappa shape index (κ2) is 9.32. The molecule has 1 N–H and O–H groups in total. The van der Waals surface area contributed by atoms with E-state index in [1.165, 1.54) is 11.8 Å². The number of hydrogen-bond donors (Lipinski definition) is 1. The van der Waals surface area contributed by atoms with Crippen molar-refractivity contribution in [2.75, 3.05) is 17.7 Å². The molecule has 0 aliphatic carbocycles. The van der Waals surface area contributed by atoms with Crippen LogP contribution >= 0.6 is 50.9 Å². The molecule has 24 heavy (non-hydrogen) atoms. The van der Waals surface area contributed by atoms with Gasteiger partial charge in [0.25, 0.3) is 5.91 Å². The van der Waals surface area contributed by atoms with E-state index in [0.29, 0.717) is 10.7 Å². The van der Waals surface area contributed by atoms with Gasteiger partial charge in [-0.1, -0.05) is 45.2 Å². The summed E-state index contributed by atoms with van der Waals surface area (Å²) in [6.07, 6.45) is 0. The predicted octanol–water partition coefficient (Wildman–Crippen LogP) is 5.03. The number of carbonyl (C=O) groups is 2. The van der Waals surface area contributed by atoms with Crippen LogP contribution in [0.1, 0.15) is 0 Å². The van der Waals surface area contributed by atoms with E-state index in [1.807, 2.05) is 24.3 Å². The van der Waals surface area contributed by atoms with Crippen LogP contribution in [0.5, 0.6) is 0 Å². The van der Waals surface area contributed by atoms with Crippen LogP contribution in [0.4, 0.5) is 5.69 Å². The molecule has 4 nitrogen and oxygen atoms in total. The van der Waals surface area contributed by atoms with Crippen molar-refractivity contribution in [2.45, 2.75) is 4.90 Å². The molecule has 8 heteroatoms. The Labute approximate surface area is 162 Å². The third-order valence-electron chi connectivity index (χ3n) is 2.76. The second-order valence-electron chi connectivity index (χ2n) is 4.55. The highest BCUT2D eigenvalue weighted by Crippen LogP contribution is 2.29. The van der Waals surface area contributed by atoms with Crippen LogP contribution in [-0.2, 0) is 14.3 Å². The molecular formula is C16H12BrCl2NO3S. The molecule has 0 saturated carbocycles. The van der Waals surface area contributed by atoms with Crippen LogP contribution in [0.25, 0.3) is 0 Å². The molecule has 0 aliphatic heterocycles. The van der Waals surface area contributed by atoms with Crippen molar-refractivity contribution in [3.05, 3.63) is 57.0 Å². The summed E-state index contributed by atoms with van der Waals surface area (Å²) >= 11 is 16.5. The average molecular weight is 449 g/mol. The minimum atomic E-state index is -0.485. The summed E-state index contributed by atoms with van der Waals surface area (Å²) in [4.78, 5) is 24.4. The van der Waals surface area contributed by atoms with Gasteiger partial charge in [0, 0.05) is 9.37 Å². The number of rotatable bonds is 6. The van der Waals surface area contributed by atoms with Gasteiger partial charge >= 0.3 is 5.97 Å². The van der Waals surface area contributed by atoms with Gasteiger partial charge in [-0.2, -0.15) is 0 Å². The molecule has 0 heterocycles. The van der Waals surface area contributed by atoms with E-state index in [-0.39, 0.29) is 17.4 Å². The summed E-state index contributed by atoms with van der Waals surface area (Å²) in [7, 11) is 0. The van der Waals surface area contributed by atoms with Crippen molar-refractivity contribution in [3.8, 4) is 0 Å². The van der Waals surface area contributed by atoms with Gasteiger partial charge in [-0.25, -0.2) is 0 Å². The minimum absolute atomic E-state index is 0.118. The summed E-state index contributed by atoms with van der Waals surface area (Å²) in [5, 5.41) is 3.11. The van der Waals surface area contributed by atoms with Crippen molar-refractivity contribution < 1.29 is 14.3 Å². The molecular weight excluding hydrogens is 437 g/mol. The monoisotopic (exact) mass is 447 g/mol. The van der Waals surface area contributed by atoms with E-state index in [4.69, 9.17) is 27.9 Å². The fourth-order valence-corrected chi connectivity index (χ4v) is 2.96. The maximum Gasteiger partial charge on any atom is 0.316 e. The third kappa shape index (κ3) is 6.02. The second-order valence-corrected chi connectivity index (χ2v) is 7.30. The Morgan fingerprint density at radius 3 is 2.54 bits per heavy atom. The molecule has 0 spiro atoms. The van der Waals surface area contributed by atoms with Crippen LogP contribution in [0.3, 0.4) is 0 Å². The Kier molecular flexibility index (Phi) is 7.42. The van der Waals surface area contributed by atoms with Gasteiger partial charge in [-0.15, -0.1) is 11.8 Å². The number of nitrogens with one attached hydrogen (secondary N) is 1. The highest BCUT2D eigenvalue weighted by atomic mass is 79.9. The molecule has 2 rings (SSSR count). The molecule has 1 amide bonds. The Bertz CT molecular complexity index is 741. The highest BCUT2D eigenvalue weighted by Gasteiger charge is 2.11. The topological polar surface area (TPSA) is 55.4 Å². The number of halogens is 3. The molecule has 126 valence electrons. The number of ether oxygens (including phenoxy) is 1. The van der Waals surface area contributed by atoms with E-state index < -0.39 is 11.9 Å². The zero-order chi connectivity index (χ0) is 17.5. The summed E-state index contributed by atoms with van der Waals surface area (Å²) < 4.78 is 5.90. The van der Waals surface area contributed by atoms with Crippen LogP contribution in [0, 0.1) is 0 Å². The fraction of sp³-hybridized carbons (Fsp3) is 0.125. The van der Waals surface area contributed by atoms with Crippen LogP contribution < -0.4 is 5.32 Å². The minimum Gasteiger partial charge on any atom is -0.455 e. The van der Waals surface area contributed by atoms with Gasteiger partial charge in [0.1, 0.15) is 0 Å². The quantitative estimate of drug-likeness (QED) is 0.497. The van der Waals surface area contributed by atoms with E-state index >= 15 is 0 Å². The number of anilines is 1. The first-order valence-corrected chi connectivity index (χ1v) is 9.27. The Hall–Kier alpha value is -1.21. The van der Waals surface area contributed by atoms with Gasteiger partial charge in [0.2, 0.25) is 0 Å². The standard InChI is InChI=1S/C16H12BrCl2NO3S/c17-10-4-6-11(7-5-10)24-9-15(22)23-8-14(21)20-13-3-1-2-12(18)16(13)19/h1-7H,8-9H2,(H,20,21). The molecule has 0 atom stereocenters. The first kappa shape index (κ1) is 19.1. The maximum atomic E-state index is 11.8. The van der Waals surface area contributed by atoms with Crippen molar-refractivity contribution in [1.29, 1.82) is 0 Å². The molecule has 0 unspecified atom stereocenters. The first-order valence-electron chi connectivity index (χ1n) is 6.73. The molecule has 0 radical (unpaired) electrons. The molecule has 0 aliphatic rings. The van der Waals surface area contributed by atoms with Crippen LogP contribution in [0.15, 0.2) is 51.8 Å². The van der Waals surface area contributed by atoms with Crippen molar-refractivity contribution in [3.63, 3.8) is 0 Å². The largest absolute Gasteiger partial charge is 0.455 e. The van der Waals surface area contributed by atoms with E-state index in [9.17, 15) is 9.59 Å². The van der Waals surface area contributed by atoms with Gasteiger partial charge in [-0.3, -0.25) is 9.59 Å². The highest BCUT2D eigenvalue weighted by molar-refractivity contribution is 9.10. The number of benzene rings is 2. The number of amides is 1. The average Bonchev–Trinajstić information content (AvgIpc) is 2.56. The summed E-state index contributed by atoms with van der Waals surface area (Å²) in [5.74, 6) is -0.844. The zero-order valence-corrected chi connectivity index (χ0v) is 16.1. The fourth-order valence-electron chi connectivity index (χ4n) is 1.65. The van der Waals surface area contributed by atoms with Crippen LogP contribution in [-0.4, -0.2) is 24.2 Å².